The fraction of sp³-hybridized carbons (Fsp3) is 0.600. The molecule has 0 spiro atoms. The van der Waals surface area contributed by atoms with Gasteiger partial charge in [-0.15, -0.1) is 0 Å². The maximum Gasteiger partial charge on any atom is 0.308 e. The number of amides is 1. The molecule has 0 radical (unpaired) electrons. The number of sulfonamides is 1. The van der Waals surface area contributed by atoms with Crippen LogP contribution in [0, 0.1) is 24.7 Å². The Labute approximate surface area is 139 Å². The van der Waals surface area contributed by atoms with Crippen LogP contribution in [0.1, 0.15) is 29.0 Å². The van der Waals surface area contributed by atoms with E-state index in [0.29, 0.717) is 12.5 Å². The number of aliphatic carboxylic acids is 1. The zero-order valence-electron chi connectivity index (χ0n) is 13.5. The summed E-state index contributed by atoms with van der Waals surface area (Å²) in [5.74, 6) is -1.29. The predicted octanol–water partition coefficient (Wildman–Crippen LogP) is 0.679. The molecule has 9 heteroatoms. The Balaban J connectivity index is 1.83. The Hall–Kier alpha value is -1.87. The molecule has 1 saturated heterocycles. The van der Waals surface area contributed by atoms with Crippen LogP contribution in [0.2, 0.25) is 0 Å². The summed E-state index contributed by atoms with van der Waals surface area (Å²) < 4.78 is 30.9. The van der Waals surface area contributed by atoms with Gasteiger partial charge in [0.25, 0.3) is 15.9 Å². The number of carbonyl (C=O) groups excluding carboxylic acids is 1. The molecule has 2 aliphatic rings. The van der Waals surface area contributed by atoms with Gasteiger partial charge in [0, 0.05) is 19.2 Å². The van der Waals surface area contributed by atoms with E-state index in [1.54, 1.807) is 0 Å². The van der Waals surface area contributed by atoms with E-state index in [1.807, 2.05) is 0 Å². The number of furan rings is 1. The molecule has 24 heavy (non-hydrogen) atoms. The summed E-state index contributed by atoms with van der Waals surface area (Å²) >= 11 is 0. The van der Waals surface area contributed by atoms with Crippen LogP contribution in [0.3, 0.4) is 0 Å². The molecule has 2 heterocycles. The van der Waals surface area contributed by atoms with Crippen molar-refractivity contribution in [2.24, 2.45) is 17.8 Å². The van der Waals surface area contributed by atoms with E-state index >= 15 is 0 Å². The van der Waals surface area contributed by atoms with Gasteiger partial charge in [-0.2, -0.15) is 0 Å². The van der Waals surface area contributed by atoms with E-state index in [4.69, 9.17) is 4.42 Å². The first-order chi connectivity index (χ1) is 11.2. The predicted molar refractivity (Wildman–Crippen MR) is 82.9 cm³/mol. The van der Waals surface area contributed by atoms with Gasteiger partial charge in [-0.1, -0.05) is 0 Å². The van der Waals surface area contributed by atoms with Crippen LogP contribution in [0.4, 0.5) is 0 Å². The van der Waals surface area contributed by atoms with Crippen molar-refractivity contribution in [3.63, 3.8) is 0 Å². The SMILES string of the molecule is CNS(=O)(=O)c1cc(C(=O)N2C[C@H](C(=O)O)[C@@H](C3CC3)C2)c(C)o1. The number of hydrogen-bond donors (Lipinski definition) is 2. The molecule has 3 rings (SSSR count). The van der Waals surface area contributed by atoms with Crippen molar-refractivity contribution >= 4 is 21.9 Å². The zero-order chi connectivity index (χ0) is 17.6. The number of carboxylic acids is 1. The number of hydrogen-bond acceptors (Lipinski definition) is 5. The molecular weight excluding hydrogens is 336 g/mol. The van der Waals surface area contributed by atoms with E-state index in [0.717, 1.165) is 12.8 Å². The Morgan fingerprint density at radius 2 is 2.00 bits per heavy atom. The minimum absolute atomic E-state index is 0.0285. The van der Waals surface area contributed by atoms with Crippen molar-refractivity contribution in [3.8, 4) is 0 Å². The summed E-state index contributed by atoms with van der Waals surface area (Å²) in [5.41, 5.74) is 0.157. The summed E-state index contributed by atoms with van der Waals surface area (Å²) in [6, 6.07) is 1.20. The first kappa shape index (κ1) is 17.0. The average molecular weight is 356 g/mol. The fourth-order valence-corrected chi connectivity index (χ4v) is 4.04. The first-order valence-electron chi connectivity index (χ1n) is 7.80. The van der Waals surface area contributed by atoms with Gasteiger partial charge in [0.2, 0.25) is 5.09 Å². The molecule has 1 aromatic rings. The van der Waals surface area contributed by atoms with Crippen LogP contribution in [0.5, 0.6) is 0 Å². The Morgan fingerprint density at radius 1 is 1.33 bits per heavy atom. The summed E-state index contributed by atoms with van der Waals surface area (Å²) in [5, 5.41) is 9.06. The first-order valence-corrected chi connectivity index (χ1v) is 9.29. The number of rotatable bonds is 5. The molecule has 2 atom stereocenters. The van der Waals surface area contributed by atoms with Crippen LogP contribution in [0.25, 0.3) is 0 Å². The molecule has 1 amide bonds. The van der Waals surface area contributed by atoms with Crippen molar-refractivity contribution in [3.05, 3.63) is 17.4 Å². The molecule has 132 valence electrons. The van der Waals surface area contributed by atoms with Gasteiger partial charge in [-0.3, -0.25) is 9.59 Å². The van der Waals surface area contributed by atoms with Crippen molar-refractivity contribution in [2.45, 2.75) is 24.9 Å². The second-order valence-electron chi connectivity index (χ2n) is 6.40. The standard InChI is InChI=1S/C15H20N2O6S/c1-8-10(5-13(23-8)24(21,22)16-2)14(18)17-6-11(9-3-4-9)12(7-17)15(19)20/h5,9,11-12,16H,3-4,6-7H2,1-2H3,(H,19,20)/t11-,12+/m1/s1. The smallest absolute Gasteiger partial charge is 0.308 e. The fourth-order valence-electron chi connectivity index (χ4n) is 3.33. The number of nitrogens with zero attached hydrogens (tertiary/aromatic N) is 1. The minimum atomic E-state index is -3.78. The molecule has 8 nitrogen and oxygen atoms in total. The molecule has 1 saturated carbocycles. The molecular formula is C15H20N2O6S. The molecule has 1 aliphatic heterocycles. The van der Waals surface area contributed by atoms with Gasteiger partial charge in [0.15, 0.2) is 0 Å². The van der Waals surface area contributed by atoms with Crippen LogP contribution in [-0.4, -0.2) is 50.4 Å². The van der Waals surface area contributed by atoms with E-state index in [1.165, 1.54) is 24.9 Å². The quantitative estimate of drug-likeness (QED) is 0.801. The number of carbonyl (C=O) groups is 2. The summed E-state index contributed by atoms with van der Waals surface area (Å²) in [7, 11) is -2.52. The van der Waals surface area contributed by atoms with Crippen LogP contribution in [-0.2, 0) is 14.8 Å². The highest BCUT2D eigenvalue weighted by atomic mass is 32.2. The third-order valence-electron chi connectivity index (χ3n) is 4.86. The molecule has 2 fully saturated rings. The zero-order valence-corrected chi connectivity index (χ0v) is 14.3. The van der Waals surface area contributed by atoms with E-state index in [2.05, 4.69) is 4.72 Å². The van der Waals surface area contributed by atoms with Gasteiger partial charge < -0.3 is 14.4 Å². The second-order valence-corrected chi connectivity index (χ2v) is 8.22. The highest BCUT2D eigenvalue weighted by Crippen LogP contribution is 2.44. The lowest BCUT2D eigenvalue weighted by molar-refractivity contribution is -0.142. The highest BCUT2D eigenvalue weighted by molar-refractivity contribution is 7.89. The Kier molecular flexibility index (Phi) is 4.16. The topological polar surface area (TPSA) is 117 Å². The van der Waals surface area contributed by atoms with Gasteiger partial charge in [0.1, 0.15) is 5.76 Å². The van der Waals surface area contributed by atoms with E-state index in [-0.39, 0.29) is 34.8 Å². The van der Waals surface area contributed by atoms with Gasteiger partial charge in [0.05, 0.1) is 11.5 Å². The third kappa shape index (κ3) is 2.93. The van der Waals surface area contributed by atoms with Crippen molar-refractivity contribution in [2.75, 3.05) is 20.1 Å². The monoisotopic (exact) mass is 356 g/mol. The van der Waals surface area contributed by atoms with E-state index in [9.17, 15) is 23.1 Å². The van der Waals surface area contributed by atoms with Gasteiger partial charge in [-0.25, -0.2) is 13.1 Å². The van der Waals surface area contributed by atoms with Crippen molar-refractivity contribution in [1.29, 1.82) is 0 Å². The molecule has 0 bridgehead atoms. The minimum Gasteiger partial charge on any atom is -0.481 e. The largest absolute Gasteiger partial charge is 0.481 e. The van der Waals surface area contributed by atoms with Crippen LogP contribution in [0.15, 0.2) is 15.6 Å². The Morgan fingerprint density at radius 3 is 2.54 bits per heavy atom. The van der Waals surface area contributed by atoms with Gasteiger partial charge >= 0.3 is 5.97 Å². The molecule has 1 aliphatic carbocycles. The summed E-state index contributed by atoms with van der Waals surface area (Å²) in [4.78, 5) is 25.7. The van der Waals surface area contributed by atoms with Crippen LogP contribution >= 0.6 is 0 Å². The molecule has 0 unspecified atom stereocenters. The second kappa shape index (κ2) is 5.89. The third-order valence-corrected chi connectivity index (χ3v) is 6.12. The number of aryl methyl sites for hydroxylation is 1. The van der Waals surface area contributed by atoms with Gasteiger partial charge in [-0.05, 0) is 38.6 Å². The number of likely N-dealkylation sites (tertiary alicyclic amines) is 1. The highest BCUT2D eigenvalue weighted by Gasteiger charge is 2.47. The lowest BCUT2D eigenvalue weighted by Crippen LogP contribution is -2.30. The summed E-state index contributed by atoms with van der Waals surface area (Å²) in [6.07, 6.45) is 2.01. The van der Waals surface area contributed by atoms with Crippen LogP contribution < -0.4 is 4.72 Å². The average Bonchev–Trinajstić information content (AvgIpc) is 3.14. The van der Waals surface area contributed by atoms with E-state index < -0.39 is 21.9 Å². The maximum absolute atomic E-state index is 12.7. The number of carboxylic acid groups (broad SMARTS) is 1. The van der Waals surface area contributed by atoms with Crippen molar-refractivity contribution < 1.29 is 27.5 Å². The maximum atomic E-state index is 12.7. The molecule has 2 N–H and O–H groups in total. The lowest BCUT2D eigenvalue weighted by atomic mass is 9.92. The molecule has 0 aromatic carbocycles. The van der Waals surface area contributed by atoms with Crippen molar-refractivity contribution in [1.82, 2.24) is 9.62 Å². The Bertz CT molecular complexity index is 780. The summed E-state index contributed by atoms with van der Waals surface area (Å²) in [6.45, 7) is 2.05. The molecule has 1 aromatic heterocycles. The number of nitrogens with one attached hydrogen (secondary N) is 1. The normalized spacial score (nSPS) is 24.3. The lowest BCUT2D eigenvalue weighted by Gasteiger charge is -2.15.